The molecule has 0 N–H and O–H groups in total. The molecular weight excluding hydrogens is 152 g/mol. The molecule has 0 spiro atoms. The van der Waals surface area contributed by atoms with Crippen molar-refractivity contribution in [3.63, 3.8) is 0 Å². The molecule has 1 rings (SSSR count). The second-order valence-electron chi connectivity index (χ2n) is 4.78. The van der Waals surface area contributed by atoms with Crippen LogP contribution < -0.4 is 5.11 Å². The van der Waals surface area contributed by atoms with Crippen LogP contribution in [0, 0.1) is 16.7 Å². The lowest BCUT2D eigenvalue weighted by Crippen LogP contribution is -2.47. The van der Waals surface area contributed by atoms with E-state index in [4.69, 9.17) is 0 Å². The molecular formula is C10H17O2-. The predicted molar refractivity (Wildman–Crippen MR) is 45.3 cm³/mol. The Labute approximate surface area is 74.0 Å². The first-order valence-corrected chi connectivity index (χ1v) is 4.54. The van der Waals surface area contributed by atoms with E-state index in [1.54, 1.807) is 0 Å². The van der Waals surface area contributed by atoms with Crippen molar-refractivity contribution in [2.24, 2.45) is 16.7 Å². The van der Waals surface area contributed by atoms with Gasteiger partial charge in [-0.15, -0.1) is 0 Å². The van der Waals surface area contributed by atoms with Crippen LogP contribution in [-0.2, 0) is 4.79 Å². The van der Waals surface area contributed by atoms with Crippen LogP contribution in [0.4, 0.5) is 0 Å². The zero-order valence-electron chi connectivity index (χ0n) is 8.31. The molecule has 0 unspecified atom stereocenters. The molecule has 0 aromatic rings. The van der Waals surface area contributed by atoms with E-state index in [1.165, 1.54) is 0 Å². The molecule has 0 heterocycles. The quantitative estimate of drug-likeness (QED) is 0.591. The van der Waals surface area contributed by atoms with Gasteiger partial charge in [0.05, 0.1) is 0 Å². The number of carbonyl (C=O) groups is 1. The first kappa shape index (κ1) is 9.56. The highest BCUT2D eigenvalue weighted by molar-refractivity contribution is 5.73. The van der Waals surface area contributed by atoms with Gasteiger partial charge in [0.15, 0.2) is 0 Å². The van der Waals surface area contributed by atoms with Gasteiger partial charge in [-0.05, 0) is 24.2 Å². The van der Waals surface area contributed by atoms with Crippen LogP contribution in [0.3, 0.4) is 0 Å². The van der Waals surface area contributed by atoms with Crippen LogP contribution in [0.15, 0.2) is 0 Å². The summed E-state index contributed by atoms with van der Waals surface area (Å²) < 4.78 is 0. The van der Waals surface area contributed by atoms with E-state index in [0.29, 0.717) is 5.92 Å². The molecule has 1 fully saturated rings. The highest BCUT2D eigenvalue weighted by atomic mass is 16.4. The van der Waals surface area contributed by atoms with Gasteiger partial charge >= 0.3 is 0 Å². The standard InChI is InChI=1S/C10H18O2/c1-7-5-6-10(4,8(11)12)9(7,2)3/h7H,5-6H2,1-4H3,(H,11,12)/p-1/t7-,10-/m0/s1. The normalized spacial score (nSPS) is 39.8. The Morgan fingerprint density at radius 2 is 1.92 bits per heavy atom. The van der Waals surface area contributed by atoms with Crippen LogP contribution >= 0.6 is 0 Å². The maximum absolute atomic E-state index is 11.0. The predicted octanol–water partition coefficient (Wildman–Crippen LogP) is 1.20. The second-order valence-corrected chi connectivity index (χ2v) is 4.78. The van der Waals surface area contributed by atoms with Crippen molar-refractivity contribution in [3.8, 4) is 0 Å². The van der Waals surface area contributed by atoms with Crippen LogP contribution in [0.2, 0.25) is 0 Å². The van der Waals surface area contributed by atoms with E-state index >= 15 is 0 Å². The second kappa shape index (κ2) is 2.48. The number of carboxylic acid groups (broad SMARTS) is 1. The fraction of sp³-hybridized carbons (Fsp3) is 0.900. The van der Waals surface area contributed by atoms with Crippen molar-refractivity contribution < 1.29 is 9.90 Å². The summed E-state index contributed by atoms with van der Waals surface area (Å²) in [5.41, 5.74) is -0.766. The van der Waals surface area contributed by atoms with Gasteiger partial charge < -0.3 is 9.90 Å². The highest BCUT2D eigenvalue weighted by Crippen LogP contribution is 2.55. The molecule has 2 nitrogen and oxygen atoms in total. The van der Waals surface area contributed by atoms with Crippen molar-refractivity contribution in [3.05, 3.63) is 0 Å². The third-order valence-corrected chi connectivity index (χ3v) is 4.18. The molecule has 0 aromatic heterocycles. The Hall–Kier alpha value is -0.530. The minimum atomic E-state index is -0.892. The fourth-order valence-electron chi connectivity index (χ4n) is 2.10. The Morgan fingerprint density at radius 3 is 2.08 bits per heavy atom. The molecule has 12 heavy (non-hydrogen) atoms. The number of hydrogen-bond acceptors (Lipinski definition) is 2. The van der Waals surface area contributed by atoms with E-state index in [9.17, 15) is 9.90 Å². The van der Waals surface area contributed by atoms with Gasteiger partial charge in [-0.2, -0.15) is 0 Å². The van der Waals surface area contributed by atoms with Crippen LogP contribution in [0.1, 0.15) is 40.5 Å². The lowest BCUT2D eigenvalue weighted by Gasteiger charge is -2.41. The minimum absolute atomic E-state index is 0.133. The average Bonchev–Trinajstić information content (AvgIpc) is 2.15. The van der Waals surface area contributed by atoms with Crippen molar-refractivity contribution in [2.75, 3.05) is 0 Å². The summed E-state index contributed by atoms with van der Waals surface area (Å²) in [6.07, 6.45) is 1.75. The van der Waals surface area contributed by atoms with Gasteiger partial charge in [-0.25, -0.2) is 0 Å². The SMILES string of the molecule is C[C@H]1CC[C@@](C)(C(=O)[O-])C1(C)C. The van der Waals surface area contributed by atoms with Gasteiger partial charge in [0.2, 0.25) is 0 Å². The zero-order valence-corrected chi connectivity index (χ0v) is 8.31. The van der Waals surface area contributed by atoms with Crippen LogP contribution in [-0.4, -0.2) is 5.97 Å². The molecule has 0 bridgehead atoms. The molecule has 1 saturated carbocycles. The molecule has 1 aliphatic rings. The summed E-state index contributed by atoms with van der Waals surface area (Å²) in [5.74, 6) is -0.419. The van der Waals surface area contributed by atoms with Crippen molar-refractivity contribution >= 4 is 5.97 Å². The first-order valence-electron chi connectivity index (χ1n) is 4.54. The Kier molecular flexibility index (Phi) is 1.97. The van der Waals surface area contributed by atoms with Gasteiger partial charge in [0.25, 0.3) is 0 Å². The maximum Gasteiger partial charge on any atom is 0.0478 e. The molecule has 0 amide bonds. The summed E-state index contributed by atoms with van der Waals surface area (Å²) in [7, 11) is 0. The highest BCUT2D eigenvalue weighted by Gasteiger charge is 2.50. The topological polar surface area (TPSA) is 40.1 Å². The number of carbonyl (C=O) groups excluding carboxylic acids is 1. The number of rotatable bonds is 1. The Balaban J connectivity index is 3.01. The van der Waals surface area contributed by atoms with E-state index in [2.05, 4.69) is 6.92 Å². The molecule has 0 radical (unpaired) electrons. The van der Waals surface area contributed by atoms with Crippen molar-refractivity contribution in [1.82, 2.24) is 0 Å². The van der Waals surface area contributed by atoms with Crippen molar-refractivity contribution in [1.29, 1.82) is 0 Å². The number of aliphatic carboxylic acids is 1. The molecule has 0 saturated heterocycles. The summed E-state index contributed by atoms with van der Waals surface area (Å²) in [5, 5.41) is 11.0. The van der Waals surface area contributed by atoms with Gasteiger partial charge in [0, 0.05) is 11.4 Å². The zero-order chi connectivity index (χ0) is 9.57. The largest absolute Gasteiger partial charge is 0.550 e. The third-order valence-electron chi connectivity index (χ3n) is 4.18. The number of hydrogen-bond donors (Lipinski definition) is 0. The van der Waals surface area contributed by atoms with Crippen LogP contribution in [0.5, 0.6) is 0 Å². The molecule has 70 valence electrons. The Bertz CT molecular complexity index is 208. The van der Waals surface area contributed by atoms with Gasteiger partial charge in [0.1, 0.15) is 0 Å². The summed E-state index contributed by atoms with van der Waals surface area (Å²) in [6, 6.07) is 0. The minimum Gasteiger partial charge on any atom is -0.550 e. The number of carboxylic acids is 1. The Morgan fingerprint density at radius 1 is 1.42 bits per heavy atom. The van der Waals surface area contributed by atoms with Gasteiger partial charge in [-0.3, -0.25) is 0 Å². The van der Waals surface area contributed by atoms with E-state index in [0.717, 1.165) is 12.8 Å². The lowest BCUT2D eigenvalue weighted by atomic mass is 9.66. The summed E-state index contributed by atoms with van der Waals surface area (Å²) >= 11 is 0. The lowest BCUT2D eigenvalue weighted by molar-refractivity contribution is -0.323. The fourth-order valence-corrected chi connectivity index (χ4v) is 2.10. The van der Waals surface area contributed by atoms with E-state index in [1.807, 2.05) is 20.8 Å². The molecule has 1 aliphatic carbocycles. The third kappa shape index (κ3) is 0.970. The van der Waals surface area contributed by atoms with Crippen LogP contribution in [0.25, 0.3) is 0 Å². The summed E-state index contributed by atoms with van der Waals surface area (Å²) in [6.45, 7) is 7.99. The molecule has 0 aliphatic heterocycles. The maximum atomic E-state index is 11.0. The molecule has 2 heteroatoms. The molecule has 0 aromatic carbocycles. The molecule has 2 atom stereocenters. The van der Waals surface area contributed by atoms with E-state index < -0.39 is 11.4 Å². The van der Waals surface area contributed by atoms with Gasteiger partial charge in [-0.1, -0.05) is 27.7 Å². The first-order chi connectivity index (χ1) is 5.32. The van der Waals surface area contributed by atoms with Crippen molar-refractivity contribution in [2.45, 2.75) is 40.5 Å². The summed E-state index contributed by atoms with van der Waals surface area (Å²) in [4.78, 5) is 11.0. The average molecular weight is 169 g/mol. The monoisotopic (exact) mass is 169 g/mol. The van der Waals surface area contributed by atoms with E-state index in [-0.39, 0.29) is 5.41 Å². The smallest absolute Gasteiger partial charge is 0.0478 e.